The fraction of sp³-hybridized carbons (Fsp3) is 0. The fourth-order valence-electron chi connectivity index (χ4n) is 1.37. The number of carbonyl (C=O) groups is 1. The van der Waals surface area contributed by atoms with Crippen molar-refractivity contribution in [3.05, 3.63) is 53.9 Å². The van der Waals surface area contributed by atoms with Gasteiger partial charge in [0, 0.05) is 18.0 Å². The molecule has 0 saturated carbocycles. The van der Waals surface area contributed by atoms with Crippen LogP contribution in [0.25, 0.3) is 0 Å². The van der Waals surface area contributed by atoms with E-state index in [1.54, 1.807) is 0 Å². The van der Waals surface area contributed by atoms with Crippen LogP contribution in [0.15, 0.2) is 36.5 Å². The molecule has 1 aromatic carbocycles. The summed E-state index contributed by atoms with van der Waals surface area (Å²) in [6.45, 7) is 0. The van der Waals surface area contributed by atoms with Crippen molar-refractivity contribution in [2.24, 2.45) is 0 Å². The normalized spacial score (nSPS) is 10.1. The van der Waals surface area contributed by atoms with Crippen LogP contribution in [0.5, 0.6) is 0 Å². The zero-order chi connectivity index (χ0) is 13.1. The van der Waals surface area contributed by atoms with Gasteiger partial charge in [-0.25, -0.2) is 18.6 Å². The summed E-state index contributed by atoms with van der Waals surface area (Å²) in [4.78, 5) is 14.3. The number of nitrogens with zero attached hydrogens (tertiary/aromatic N) is 1. The van der Waals surface area contributed by atoms with Gasteiger partial charge in [-0.1, -0.05) is 0 Å². The van der Waals surface area contributed by atoms with Gasteiger partial charge in [-0.05, 0) is 24.3 Å². The molecule has 0 amide bonds. The van der Waals surface area contributed by atoms with E-state index in [0.717, 1.165) is 18.2 Å². The monoisotopic (exact) mass is 250 g/mol. The van der Waals surface area contributed by atoms with Crippen LogP contribution in [-0.2, 0) is 0 Å². The number of hydrogen-bond donors (Lipinski definition) is 2. The topological polar surface area (TPSA) is 62.2 Å². The van der Waals surface area contributed by atoms with Gasteiger partial charge in [0.15, 0.2) is 0 Å². The highest BCUT2D eigenvalue weighted by atomic mass is 19.1. The molecular formula is C12H8F2N2O2. The summed E-state index contributed by atoms with van der Waals surface area (Å²) in [7, 11) is 0. The summed E-state index contributed by atoms with van der Waals surface area (Å²) in [5, 5.41) is 11.3. The summed E-state index contributed by atoms with van der Waals surface area (Å²) in [6.07, 6.45) is 1.27. The van der Waals surface area contributed by atoms with E-state index < -0.39 is 17.6 Å². The Morgan fingerprint density at radius 3 is 2.72 bits per heavy atom. The van der Waals surface area contributed by atoms with Crippen LogP contribution >= 0.6 is 0 Å². The number of aromatic nitrogens is 1. The number of aromatic carboxylic acids is 1. The van der Waals surface area contributed by atoms with E-state index in [9.17, 15) is 13.6 Å². The van der Waals surface area contributed by atoms with Gasteiger partial charge in [0.2, 0.25) is 0 Å². The van der Waals surface area contributed by atoms with Gasteiger partial charge in [0.05, 0.1) is 5.69 Å². The van der Waals surface area contributed by atoms with E-state index in [1.807, 2.05) is 0 Å². The summed E-state index contributed by atoms with van der Waals surface area (Å²) < 4.78 is 26.3. The van der Waals surface area contributed by atoms with Gasteiger partial charge in [0.1, 0.15) is 17.3 Å². The minimum absolute atomic E-state index is 0.0717. The number of nitrogens with one attached hydrogen (secondary N) is 1. The molecular weight excluding hydrogens is 242 g/mol. The fourth-order valence-corrected chi connectivity index (χ4v) is 1.37. The van der Waals surface area contributed by atoms with Crippen LogP contribution in [0, 0.1) is 11.6 Å². The smallest absolute Gasteiger partial charge is 0.354 e. The molecule has 6 heteroatoms. The highest BCUT2D eigenvalue weighted by Crippen LogP contribution is 2.21. The Kier molecular flexibility index (Phi) is 3.18. The molecule has 2 N–H and O–H groups in total. The van der Waals surface area contributed by atoms with Crippen molar-refractivity contribution in [2.45, 2.75) is 0 Å². The molecule has 0 spiro atoms. The van der Waals surface area contributed by atoms with Gasteiger partial charge < -0.3 is 10.4 Å². The first-order chi connectivity index (χ1) is 8.56. The lowest BCUT2D eigenvalue weighted by Crippen LogP contribution is -2.01. The molecule has 2 aromatic rings. The molecule has 1 aromatic heterocycles. The van der Waals surface area contributed by atoms with Gasteiger partial charge in [0.25, 0.3) is 0 Å². The van der Waals surface area contributed by atoms with Gasteiger partial charge in [-0.3, -0.25) is 0 Å². The van der Waals surface area contributed by atoms with Crippen LogP contribution in [-0.4, -0.2) is 16.1 Å². The van der Waals surface area contributed by atoms with Gasteiger partial charge in [-0.15, -0.1) is 0 Å². The van der Waals surface area contributed by atoms with E-state index in [1.165, 1.54) is 18.3 Å². The van der Waals surface area contributed by atoms with Crippen LogP contribution in [0.2, 0.25) is 0 Å². The van der Waals surface area contributed by atoms with Crippen molar-refractivity contribution < 1.29 is 18.7 Å². The Balaban J connectivity index is 2.31. The quantitative estimate of drug-likeness (QED) is 0.879. The second kappa shape index (κ2) is 4.79. The minimum Gasteiger partial charge on any atom is -0.477 e. The third-order valence-electron chi connectivity index (χ3n) is 2.19. The van der Waals surface area contributed by atoms with E-state index in [-0.39, 0.29) is 11.4 Å². The first-order valence-electron chi connectivity index (χ1n) is 4.97. The largest absolute Gasteiger partial charge is 0.477 e. The van der Waals surface area contributed by atoms with Crippen molar-refractivity contribution >= 4 is 17.3 Å². The van der Waals surface area contributed by atoms with Crippen molar-refractivity contribution in [3.63, 3.8) is 0 Å². The predicted molar refractivity (Wildman–Crippen MR) is 60.8 cm³/mol. The third-order valence-corrected chi connectivity index (χ3v) is 2.19. The number of hydrogen-bond acceptors (Lipinski definition) is 3. The van der Waals surface area contributed by atoms with Gasteiger partial charge in [-0.2, -0.15) is 0 Å². The maximum absolute atomic E-state index is 13.4. The van der Waals surface area contributed by atoms with Crippen LogP contribution in [0.4, 0.5) is 20.2 Å². The lowest BCUT2D eigenvalue weighted by molar-refractivity contribution is 0.0690. The van der Waals surface area contributed by atoms with E-state index in [0.29, 0.717) is 5.69 Å². The van der Waals surface area contributed by atoms with Gasteiger partial charge >= 0.3 is 5.97 Å². The maximum atomic E-state index is 13.4. The number of halogens is 2. The van der Waals surface area contributed by atoms with Crippen LogP contribution in [0.1, 0.15) is 10.5 Å². The summed E-state index contributed by atoms with van der Waals surface area (Å²) in [6, 6.07) is 5.65. The second-order valence-electron chi connectivity index (χ2n) is 3.48. The first kappa shape index (κ1) is 12.0. The Hall–Kier alpha value is -2.50. The SMILES string of the molecule is O=C(O)c1cc(Nc2cc(F)ccc2F)ccn1. The standard InChI is InChI=1S/C12H8F2N2O2/c13-7-1-2-9(14)10(5-7)16-8-3-4-15-11(6-8)12(17)18/h1-6H,(H,15,16)(H,17,18). The zero-order valence-electron chi connectivity index (χ0n) is 9.02. The van der Waals surface area contributed by atoms with E-state index in [2.05, 4.69) is 10.3 Å². The maximum Gasteiger partial charge on any atom is 0.354 e. The molecule has 1 heterocycles. The van der Waals surface area contributed by atoms with Crippen molar-refractivity contribution in [1.29, 1.82) is 0 Å². The molecule has 0 fully saturated rings. The molecule has 18 heavy (non-hydrogen) atoms. The molecule has 0 aliphatic rings. The molecule has 92 valence electrons. The highest BCUT2D eigenvalue weighted by Gasteiger charge is 2.07. The molecule has 0 unspecified atom stereocenters. The van der Waals surface area contributed by atoms with E-state index >= 15 is 0 Å². The third kappa shape index (κ3) is 2.60. The summed E-state index contributed by atoms with van der Waals surface area (Å²) >= 11 is 0. The average molecular weight is 250 g/mol. The van der Waals surface area contributed by atoms with Crippen molar-refractivity contribution in [2.75, 3.05) is 5.32 Å². The first-order valence-corrected chi connectivity index (χ1v) is 4.97. The number of anilines is 2. The highest BCUT2D eigenvalue weighted by molar-refractivity contribution is 5.86. The lowest BCUT2D eigenvalue weighted by Gasteiger charge is -2.07. The Morgan fingerprint density at radius 2 is 2.00 bits per heavy atom. The number of rotatable bonds is 3. The molecule has 0 aliphatic carbocycles. The van der Waals surface area contributed by atoms with E-state index in [4.69, 9.17) is 5.11 Å². The molecule has 2 rings (SSSR count). The predicted octanol–water partition coefficient (Wildman–Crippen LogP) is 2.80. The number of pyridine rings is 1. The lowest BCUT2D eigenvalue weighted by atomic mass is 10.2. The summed E-state index contributed by atoms with van der Waals surface area (Å²) in [5.74, 6) is -2.42. The zero-order valence-corrected chi connectivity index (χ0v) is 9.02. The second-order valence-corrected chi connectivity index (χ2v) is 3.48. The summed E-state index contributed by atoms with van der Waals surface area (Å²) in [5.41, 5.74) is 0.0567. The average Bonchev–Trinajstić information content (AvgIpc) is 2.34. The number of benzene rings is 1. The number of carboxylic acid groups (broad SMARTS) is 1. The molecule has 0 radical (unpaired) electrons. The molecule has 4 nitrogen and oxygen atoms in total. The minimum atomic E-state index is -1.20. The Labute approximate surface area is 101 Å². The molecule has 0 aliphatic heterocycles. The Bertz CT molecular complexity index is 602. The molecule has 0 bridgehead atoms. The molecule has 0 atom stereocenters. The number of carboxylic acids is 1. The van der Waals surface area contributed by atoms with Crippen molar-refractivity contribution in [3.8, 4) is 0 Å². The Morgan fingerprint density at radius 1 is 1.22 bits per heavy atom. The van der Waals surface area contributed by atoms with Crippen molar-refractivity contribution in [1.82, 2.24) is 4.98 Å². The van der Waals surface area contributed by atoms with Crippen LogP contribution < -0.4 is 5.32 Å². The molecule has 0 saturated heterocycles. The van der Waals surface area contributed by atoms with Crippen LogP contribution in [0.3, 0.4) is 0 Å².